The van der Waals surface area contributed by atoms with Gasteiger partial charge in [-0.05, 0) is 61.9 Å². The van der Waals surface area contributed by atoms with Gasteiger partial charge in [0.2, 0.25) is 0 Å². The number of aromatic nitrogens is 2. The van der Waals surface area contributed by atoms with Gasteiger partial charge in [-0.25, -0.2) is 0 Å². The fourth-order valence-corrected chi connectivity index (χ4v) is 2.22. The predicted octanol–water partition coefficient (Wildman–Crippen LogP) is 3.33. The first-order valence-corrected chi connectivity index (χ1v) is 7.42. The van der Waals surface area contributed by atoms with E-state index in [9.17, 15) is 0 Å². The minimum absolute atomic E-state index is 0.0947. The first-order valence-electron chi connectivity index (χ1n) is 6.35. The molecule has 0 unspecified atom stereocenters. The van der Waals surface area contributed by atoms with Crippen LogP contribution in [0.15, 0.2) is 22.9 Å². The maximum atomic E-state index is 5.90. The van der Waals surface area contributed by atoms with E-state index < -0.39 is 0 Å². The van der Waals surface area contributed by atoms with Crippen molar-refractivity contribution in [3.05, 3.63) is 39.1 Å². The van der Waals surface area contributed by atoms with Crippen molar-refractivity contribution in [3.8, 4) is 0 Å². The third kappa shape index (κ3) is 4.35. The summed E-state index contributed by atoms with van der Waals surface area (Å²) in [4.78, 5) is 0. The molecule has 2 aromatic rings. The van der Waals surface area contributed by atoms with E-state index >= 15 is 0 Å². The molecule has 0 aliphatic carbocycles. The van der Waals surface area contributed by atoms with Crippen molar-refractivity contribution in [2.45, 2.75) is 46.3 Å². The van der Waals surface area contributed by atoms with Crippen LogP contribution in [0.4, 0.5) is 0 Å². The Kier molecular flexibility index (Phi) is 4.35. The fraction of sp³-hybridized carbons (Fsp3) is 0.500. The minimum atomic E-state index is 0.0947. The highest BCUT2D eigenvalue weighted by Crippen LogP contribution is 2.17. The Morgan fingerprint density at radius 2 is 2.16 bits per heavy atom. The SMILES string of the molecule is Cc1cc(Cn2cc(I)cn2)oc1CNC(C)(C)C. The van der Waals surface area contributed by atoms with E-state index in [2.05, 4.69) is 66.8 Å². The van der Waals surface area contributed by atoms with Crippen LogP contribution in [0.5, 0.6) is 0 Å². The highest BCUT2D eigenvalue weighted by Gasteiger charge is 2.13. The quantitative estimate of drug-likeness (QED) is 0.837. The summed E-state index contributed by atoms with van der Waals surface area (Å²) in [5.74, 6) is 1.95. The molecular formula is C14H20IN3O. The van der Waals surface area contributed by atoms with Crippen LogP contribution >= 0.6 is 22.6 Å². The van der Waals surface area contributed by atoms with Gasteiger partial charge in [-0.3, -0.25) is 4.68 Å². The lowest BCUT2D eigenvalue weighted by molar-refractivity contribution is 0.373. The van der Waals surface area contributed by atoms with Gasteiger partial charge < -0.3 is 9.73 Å². The van der Waals surface area contributed by atoms with Gasteiger partial charge in [0, 0.05) is 11.7 Å². The van der Waals surface area contributed by atoms with Gasteiger partial charge in [0.1, 0.15) is 11.5 Å². The van der Waals surface area contributed by atoms with Gasteiger partial charge in [0.15, 0.2) is 0 Å². The van der Waals surface area contributed by atoms with Crippen LogP contribution in [0.25, 0.3) is 0 Å². The van der Waals surface area contributed by atoms with Gasteiger partial charge in [0.25, 0.3) is 0 Å². The number of nitrogens with one attached hydrogen (secondary N) is 1. The van der Waals surface area contributed by atoms with Gasteiger partial charge in [-0.2, -0.15) is 5.10 Å². The minimum Gasteiger partial charge on any atom is -0.462 e. The molecule has 104 valence electrons. The molecule has 2 aromatic heterocycles. The average molecular weight is 373 g/mol. The molecule has 0 aliphatic rings. The molecule has 5 heteroatoms. The molecule has 1 N–H and O–H groups in total. The fourth-order valence-electron chi connectivity index (χ4n) is 1.77. The molecule has 0 amide bonds. The molecule has 4 nitrogen and oxygen atoms in total. The molecule has 0 radical (unpaired) electrons. The predicted molar refractivity (Wildman–Crippen MR) is 84.1 cm³/mol. The highest BCUT2D eigenvalue weighted by molar-refractivity contribution is 14.1. The standard InChI is InChI=1S/C14H20IN3O/c1-10-5-12(9-18-8-11(15)6-17-18)19-13(10)7-16-14(2,3)4/h5-6,8,16H,7,9H2,1-4H3. The Hall–Kier alpha value is -0.820. The Morgan fingerprint density at radius 1 is 1.42 bits per heavy atom. The third-order valence-corrected chi connectivity index (χ3v) is 3.33. The summed E-state index contributed by atoms with van der Waals surface area (Å²) >= 11 is 2.25. The lowest BCUT2D eigenvalue weighted by atomic mass is 10.1. The van der Waals surface area contributed by atoms with Gasteiger partial charge >= 0.3 is 0 Å². The largest absolute Gasteiger partial charge is 0.462 e. The molecular weight excluding hydrogens is 353 g/mol. The van der Waals surface area contributed by atoms with E-state index in [0.717, 1.165) is 21.6 Å². The summed E-state index contributed by atoms with van der Waals surface area (Å²) in [5.41, 5.74) is 1.28. The molecule has 0 saturated heterocycles. The van der Waals surface area contributed by atoms with Crippen LogP contribution in [0.2, 0.25) is 0 Å². The molecule has 0 aromatic carbocycles. The maximum Gasteiger partial charge on any atom is 0.126 e. The Morgan fingerprint density at radius 3 is 2.74 bits per heavy atom. The maximum absolute atomic E-state index is 5.90. The van der Waals surface area contributed by atoms with Crippen molar-refractivity contribution in [1.29, 1.82) is 0 Å². The molecule has 0 atom stereocenters. The summed E-state index contributed by atoms with van der Waals surface area (Å²) in [6, 6.07) is 2.09. The van der Waals surface area contributed by atoms with Crippen LogP contribution in [0.3, 0.4) is 0 Å². The zero-order valence-corrected chi connectivity index (χ0v) is 14.0. The second-order valence-electron chi connectivity index (χ2n) is 5.78. The molecule has 19 heavy (non-hydrogen) atoms. The highest BCUT2D eigenvalue weighted by atomic mass is 127. The molecule has 2 rings (SSSR count). The Balaban J connectivity index is 2.04. The first kappa shape index (κ1) is 14.6. The number of halogens is 1. The van der Waals surface area contributed by atoms with Crippen molar-refractivity contribution >= 4 is 22.6 Å². The summed E-state index contributed by atoms with van der Waals surface area (Å²) < 4.78 is 8.92. The van der Waals surface area contributed by atoms with Crippen LogP contribution in [0, 0.1) is 10.5 Å². The summed E-state index contributed by atoms with van der Waals surface area (Å²) in [6.07, 6.45) is 3.85. The number of furan rings is 1. The monoisotopic (exact) mass is 373 g/mol. The van der Waals surface area contributed by atoms with Crippen LogP contribution in [-0.4, -0.2) is 15.3 Å². The smallest absolute Gasteiger partial charge is 0.126 e. The molecule has 2 heterocycles. The molecule has 0 spiro atoms. The summed E-state index contributed by atoms with van der Waals surface area (Å²) in [7, 11) is 0. The Bertz CT molecular complexity index is 551. The van der Waals surface area contributed by atoms with Crippen LogP contribution < -0.4 is 5.32 Å². The van der Waals surface area contributed by atoms with E-state index in [1.54, 1.807) is 0 Å². The van der Waals surface area contributed by atoms with Crippen LogP contribution in [0.1, 0.15) is 37.9 Å². The number of hydrogen-bond acceptors (Lipinski definition) is 3. The van der Waals surface area contributed by atoms with Crippen LogP contribution in [-0.2, 0) is 13.1 Å². The van der Waals surface area contributed by atoms with E-state index in [0.29, 0.717) is 6.54 Å². The van der Waals surface area contributed by atoms with E-state index in [4.69, 9.17) is 4.42 Å². The van der Waals surface area contributed by atoms with Crippen molar-refractivity contribution in [2.24, 2.45) is 0 Å². The van der Waals surface area contributed by atoms with Crippen molar-refractivity contribution in [1.82, 2.24) is 15.1 Å². The number of nitrogens with zero attached hydrogens (tertiary/aromatic N) is 2. The number of rotatable bonds is 4. The van der Waals surface area contributed by atoms with Gasteiger partial charge in [-0.15, -0.1) is 0 Å². The average Bonchev–Trinajstić information content (AvgIpc) is 2.82. The second kappa shape index (κ2) is 5.66. The second-order valence-corrected chi connectivity index (χ2v) is 7.02. The first-order chi connectivity index (χ1) is 8.83. The van der Waals surface area contributed by atoms with Gasteiger partial charge in [-0.1, -0.05) is 0 Å². The summed E-state index contributed by atoms with van der Waals surface area (Å²) in [6.45, 7) is 9.97. The zero-order chi connectivity index (χ0) is 14.0. The van der Waals surface area contributed by atoms with E-state index in [1.807, 2.05) is 17.1 Å². The van der Waals surface area contributed by atoms with Crippen molar-refractivity contribution < 1.29 is 4.42 Å². The Labute approximate surface area is 127 Å². The van der Waals surface area contributed by atoms with E-state index in [1.165, 1.54) is 5.56 Å². The number of aryl methyl sites for hydroxylation is 1. The normalized spacial score (nSPS) is 12.1. The van der Waals surface area contributed by atoms with Crippen molar-refractivity contribution in [2.75, 3.05) is 0 Å². The topological polar surface area (TPSA) is 43.0 Å². The zero-order valence-electron chi connectivity index (χ0n) is 11.8. The lowest BCUT2D eigenvalue weighted by Gasteiger charge is -2.19. The summed E-state index contributed by atoms with van der Waals surface area (Å²) in [5, 5.41) is 7.71. The lowest BCUT2D eigenvalue weighted by Crippen LogP contribution is -2.35. The molecule has 0 fully saturated rings. The number of hydrogen-bond donors (Lipinski definition) is 1. The van der Waals surface area contributed by atoms with Gasteiger partial charge in [0.05, 0.1) is 22.9 Å². The molecule has 0 bridgehead atoms. The third-order valence-electron chi connectivity index (χ3n) is 2.77. The molecule has 0 aliphatic heterocycles. The van der Waals surface area contributed by atoms with Crippen molar-refractivity contribution in [3.63, 3.8) is 0 Å². The molecule has 0 saturated carbocycles. The van der Waals surface area contributed by atoms with E-state index in [-0.39, 0.29) is 5.54 Å².